The van der Waals surface area contributed by atoms with Gasteiger partial charge in [0.2, 0.25) is 0 Å². The first kappa shape index (κ1) is 39.0. The maximum atomic E-state index is 11.2. The van der Waals surface area contributed by atoms with Crippen molar-refractivity contribution in [3.63, 3.8) is 0 Å². The van der Waals surface area contributed by atoms with Gasteiger partial charge in [-0.15, -0.1) is 0 Å². The Bertz CT molecular complexity index is 957. The van der Waals surface area contributed by atoms with Crippen LogP contribution in [0.1, 0.15) is 13.8 Å². The van der Waals surface area contributed by atoms with Crippen molar-refractivity contribution in [1.82, 2.24) is 0 Å². The summed E-state index contributed by atoms with van der Waals surface area (Å²) >= 11 is 0. The highest BCUT2D eigenvalue weighted by atomic mass is 16.8. The quantitative estimate of drug-likeness (QED) is 0.0956. The second kappa shape index (κ2) is 16.5. The Morgan fingerprint density at radius 1 is 0.404 bits per heavy atom. The van der Waals surface area contributed by atoms with Crippen LogP contribution >= 0.6 is 0 Å². The maximum Gasteiger partial charge on any atom is 0.187 e. The largest absolute Gasteiger partial charge is 0.394 e. The molecule has 47 heavy (non-hydrogen) atoms. The molecule has 0 spiro atoms. The van der Waals surface area contributed by atoms with E-state index in [2.05, 4.69) is 0 Å². The molecule has 4 fully saturated rings. The van der Waals surface area contributed by atoms with Crippen molar-refractivity contribution in [3.8, 4) is 0 Å². The average Bonchev–Trinajstić information content (AvgIpc) is 3.05. The van der Waals surface area contributed by atoms with Crippen LogP contribution in [0.25, 0.3) is 0 Å². The van der Waals surface area contributed by atoms with Crippen molar-refractivity contribution >= 4 is 0 Å². The van der Waals surface area contributed by atoms with Crippen molar-refractivity contribution in [2.24, 2.45) is 5.92 Å². The Morgan fingerprint density at radius 2 is 0.766 bits per heavy atom. The smallest absolute Gasteiger partial charge is 0.187 e. The van der Waals surface area contributed by atoms with Crippen LogP contribution in [-0.2, 0) is 33.2 Å². The van der Waals surface area contributed by atoms with Crippen LogP contribution < -0.4 is 0 Å². The molecule has 4 aliphatic rings. The molecular weight excluding hydrogens is 644 g/mol. The van der Waals surface area contributed by atoms with E-state index in [-0.39, 0.29) is 0 Å². The molecule has 0 aromatic rings. The highest BCUT2D eigenvalue weighted by molar-refractivity contribution is 5.00. The first-order valence-corrected chi connectivity index (χ1v) is 15.3. The van der Waals surface area contributed by atoms with Gasteiger partial charge in [0, 0.05) is 0 Å². The van der Waals surface area contributed by atoms with Crippen molar-refractivity contribution in [1.29, 1.82) is 0 Å². The molecule has 0 aromatic heterocycles. The standard InChI is InChI=1S/C27H48O20/c1-7(2)21-24(47-26-19(39)16(36)13(33)9(4-29)43-26)23(14(34)10(5-30)41-21)46-27-20(40)17(37)22(11(6-31)44-27)45-25-18(38)15(35)12(32)8(3-28)42-25/h7-40H,3-6H2,1-2H3/t8-,9-,10-,11-,12-,13-,14-,15+,16+,17-,18-,19-,20-,21?,22-,23+,24+,25+,26+,27+/m1/s1. The lowest BCUT2D eigenvalue weighted by Gasteiger charge is -2.50. The SMILES string of the molecule is CC(C)C1O[C@H](CO)[C@@H](O)[C@H](O[C@@H]2O[C@H](CO)[C@@H](O[C@@H]3O[C@H](CO)[C@@H](O)[C@H](O)[C@H]3O)[C@H](O)[C@H]2O)[C@H]1O[C@@H]1O[C@H](CO)[C@@H](O)[C@H](O)[C@H]1O. The van der Waals surface area contributed by atoms with Crippen molar-refractivity contribution < 1.29 is 99.5 Å². The second-order valence-corrected chi connectivity index (χ2v) is 12.5. The van der Waals surface area contributed by atoms with Gasteiger partial charge in [0.15, 0.2) is 18.9 Å². The van der Waals surface area contributed by atoms with E-state index in [1.165, 1.54) is 0 Å². The third kappa shape index (κ3) is 7.92. The molecule has 4 rings (SSSR count). The van der Waals surface area contributed by atoms with E-state index in [0.29, 0.717) is 0 Å². The Kier molecular flexibility index (Phi) is 13.7. The molecule has 276 valence electrons. The fourth-order valence-corrected chi connectivity index (χ4v) is 6.11. The second-order valence-electron chi connectivity index (χ2n) is 12.5. The van der Waals surface area contributed by atoms with Crippen molar-refractivity contribution in [2.45, 2.75) is 136 Å². The summed E-state index contributed by atoms with van der Waals surface area (Å²) in [6.45, 7) is 0.265. The number of rotatable bonds is 11. The first-order valence-electron chi connectivity index (χ1n) is 15.3. The fraction of sp³-hybridized carbons (Fsp3) is 1.00. The zero-order valence-electron chi connectivity index (χ0n) is 25.6. The third-order valence-electron chi connectivity index (χ3n) is 8.93. The molecule has 4 saturated heterocycles. The summed E-state index contributed by atoms with van der Waals surface area (Å²) in [6, 6.07) is 0. The zero-order chi connectivity index (χ0) is 34.9. The van der Waals surface area contributed by atoms with E-state index in [1.807, 2.05) is 0 Å². The minimum absolute atomic E-state index is 0.429. The number of aliphatic hydroxyl groups excluding tert-OH is 13. The van der Waals surface area contributed by atoms with E-state index in [9.17, 15) is 66.4 Å². The van der Waals surface area contributed by atoms with E-state index in [0.717, 1.165) is 0 Å². The molecule has 4 aliphatic heterocycles. The van der Waals surface area contributed by atoms with Gasteiger partial charge >= 0.3 is 0 Å². The predicted octanol–water partition coefficient (Wildman–Crippen LogP) is -8.04. The molecule has 20 nitrogen and oxygen atoms in total. The van der Waals surface area contributed by atoms with Crippen LogP contribution in [0.3, 0.4) is 0 Å². The van der Waals surface area contributed by atoms with E-state index in [4.69, 9.17) is 33.2 Å². The topological polar surface area (TPSA) is 328 Å². The monoisotopic (exact) mass is 692 g/mol. The molecule has 0 aromatic carbocycles. The van der Waals surface area contributed by atoms with Crippen molar-refractivity contribution in [3.05, 3.63) is 0 Å². The lowest BCUT2D eigenvalue weighted by molar-refractivity contribution is -0.385. The highest BCUT2D eigenvalue weighted by Gasteiger charge is 2.56. The molecule has 0 radical (unpaired) electrons. The van der Waals surface area contributed by atoms with Gasteiger partial charge in [-0.05, 0) is 5.92 Å². The van der Waals surface area contributed by atoms with Gasteiger partial charge in [-0.3, -0.25) is 0 Å². The summed E-state index contributed by atoms with van der Waals surface area (Å²) in [5, 5.41) is 134. The normalized spacial score (nSPS) is 51.3. The van der Waals surface area contributed by atoms with E-state index in [1.54, 1.807) is 13.8 Å². The molecular formula is C27H48O20. The van der Waals surface area contributed by atoms with Crippen LogP contribution in [-0.4, -0.2) is 215 Å². The lowest BCUT2D eigenvalue weighted by atomic mass is 9.88. The molecule has 20 heteroatoms. The molecule has 20 atom stereocenters. The Labute approximate surface area is 268 Å². The highest BCUT2D eigenvalue weighted by Crippen LogP contribution is 2.36. The molecule has 4 heterocycles. The predicted molar refractivity (Wildman–Crippen MR) is 147 cm³/mol. The van der Waals surface area contributed by atoms with Crippen LogP contribution in [0, 0.1) is 5.92 Å². The molecule has 13 N–H and O–H groups in total. The van der Waals surface area contributed by atoms with E-state index >= 15 is 0 Å². The van der Waals surface area contributed by atoms with E-state index < -0.39 is 155 Å². The molecule has 0 amide bonds. The van der Waals surface area contributed by atoms with Crippen LogP contribution in [0.2, 0.25) is 0 Å². The Morgan fingerprint density at radius 3 is 1.19 bits per heavy atom. The van der Waals surface area contributed by atoms with Crippen molar-refractivity contribution in [2.75, 3.05) is 26.4 Å². The van der Waals surface area contributed by atoms with Crippen LogP contribution in [0.5, 0.6) is 0 Å². The Hall–Kier alpha value is -0.800. The summed E-state index contributed by atoms with van der Waals surface area (Å²) in [5.41, 5.74) is 0. The van der Waals surface area contributed by atoms with Crippen LogP contribution in [0.4, 0.5) is 0 Å². The van der Waals surface area contributed by atoms with Gasteiger partial charge in [0.25, 0.3) is 0 Å². The summed E-state index contributed by atoms with van der Waals surface area (Å²) in [7, 11) is 0. The minimum atomic E-state index is -2.00. The first-order chi connectivity index (χ1) is 22.2. The average molecular weight is 693 g/mol. The molecule has 0 saturated carbocycles. The number of ether oxygens (including phenoxy) is 7. The van der Waals surface area contributed by atoms with Gasteiger partial charge in [-0.25, -0.2) is 0 Å². The third-order valence-corrected chi connectivity index (χ3v) is 8.93. The lowest BCUT2D eigenvalue weighted by Crippen LogP contribution is -2.68. The van der Waals surface area contributed by atoms with Gasteiger partial charge in [0.05, 0.1) is 32.5 Å². The van der Waals surface area contributed by atoms with Crippen LogP contribution in [0.15, 0.2) is 0 Å². The molecule has 0 aliphatic carbocycles. The molecule has 1 unspecified atom stereocenters. The summed E-state index contributed by atoms with van der Waals surface area (Å²) < 4.78 is 39.7. The number of aliphatic hydroxyl groups is 13. The number of hydrogen-bond acceptors (Lipinski definition) is 20. The fourth-order valence-electron chi connectivity index (χ4n) is 6.11. The zero-order valence-corrected chi connectivity index (χ0v) is 25.6. The van der Waals surface area contributed by atoms with Gasteiger partial charge in [-0.1, -0.05) is 13.8 Å². The maximum absolute atomic E-state index is 11.2. The minimum Gasteiger partial charge on any atom is -0.394 e. The summed E-state index contributed by atoms with van der Waals surface area (Å²) in [5.74, 6) is -0.429. The number of hydrogen-bond donors (Lipinski definition) is 13. The van der Waals surface area contributed by atoms with Gasteiger partial charge in [0.1, 0.15) is 97.7 Å². The Balaban J connectivity index is 1.57. The summed E-state index contributed by atoms with van der Waals surface area (Å²) in [4.78, 5) is 0. The van der Waals surface area contributed by atoms with Gasteiger partial charge < -0.3 is 99.5 Å². The molecule has 0 bridgehead atoms. The summed E-state index contributed by atoms with van der Waals surface area (Å²) in [6.07, 6.45) is -32.9. The van der Waals surface area contributed by atoms with Gasteiger partial charge in [-0.2, -0.15) is 0 Å².